The van der Waals surface area contributed by atoms with Gasteiger partial charge in [0.05, 0.1) is 0 Å². The Kier molecular flexibility index (Phi) is 2.51. The highest BCUT2D eigenvalue weighted by Crippen LogP contribution is 2.58. The normalized spacial score (nSPS) is 42.0. The third-order valence-corrected chi connectivity index (χ3v) is 5.15. The Morgan fingerprint density at radius 2 is 1.92 bits per heavy atom. The van der Waals surface area contributed by atoms with E-state index in [4.69, 9.17) is 0 Å². The van der Waals surface area contributed by atoms with Crippen molar-refractivity contribution in [3.63, 3.8) is 0 Å². The van der Waals surface area contributed by atoms with E-state index in [-0.39, 0.29) is 0 Å². The fourth-order valence-electron chi connectivity index (χ4n) is 2.87. The Labute approximate surface area is 84.2 Å². The molecule has 0 saturated heterocycles. The zero-order valence-electron chi connectivity index (χ0n) is 7.98. The van der Waals surface area contributed by atoms with E-state index in [1.54, 1.807) is 0 Å². The predicted molar refractivity (Wildman–Crippen MR) is 56.6 cm³/mol. The molecule has 0 aromatic rings. The van der Waals surface area contributed by atoms with Gasteiger partial charge in [0.15, 0.2) is 0 Å². The van der Waals surface area contributed by atoms with Gasteiger partial charge in [0.1, 0.15) is 0 Å². The molecule has 0 bridgehead atoms. The summed E-state index contributed by atoms with van der Waals surface area (Å²) in [5.41, 5.74) is 0.731. The Morgan fingerprint density at radius 1 is 1.33 bits per heavy atom. The highest BCUT2D eigenvalue weighted by molar-refractivity contribution is 9.09. The predicted octanol–water partition coefficient (Wildman–Crippen LogP) is 3.99. The summed E-state index contributed by atoms with van der Waals surface area (Å²) in [6, 6.07) is 0. The lowest BCUT2D eigenvalue weighted by atomic mass is 9.91. The SMILES string of the molecule is CC1CC1(CBr)CC1CCCC1. The maximum atomic E-state index is 3.68. The highest BCUT2D eigenvalue weighted by Gasteiger charge is 2.50. The largest absolute Gasteiger partial charge is 0.0922 e. The molecule has 0 aromatic heterocycles. The Bertz CT molecular complexity index is 156. The first-order valence-electron chi connectivity index (χ1n) is 5.33. The van der Waals surface area contributed by atoms with Crippen LogP contribution < -0.4 is 0 Å². The Balaban J connectivity index is 1.85. The number of halogens is 1. The van der Waals surface area contributed by atoms with Gasteiger partial charge < -0.3 is 0 Å². The average molecular weight is 231 g/mol. The smallest absolute Gasteiger partial charge is 0.00907 e. The van der Waals surface area contributed by atoms with Crippen LogP contribution in [0.15, 0.2) is 0 Å². The second-order valence-electron chi connectivity index (χ2n) is 4.96. The summed E-state index contributed by atoms with van der Waals surface area (Å²) in [6.07, 6.45) is 9.02. The van der Waals surface area contributed by atoms with Gasteiger partial charge >= 0.3 is 0 Å². The van der Waals surface area contributed by atoms with Crippen molar-refractivity contribution in [3.05, 3.63) is 0 Å². The summed E-state index contributed by atoms with van der Waals surface area (Å²) in [5, 5.41) is 1.25. The lowest BCUT2D eigenvalue weighted by molar-refractivity contribution is 0.368. The zero-order valence-corrected chi connectivity index (χ0v) is 9.57. The molecule has 0 amide bonds. The van der Waals surface area contributed by atoms with Crippen molar-refractivity contribution in [2.75, 3.05) is 5.33 Å². The molecule has 2 rings (SSSR count). The molecule has 2 aliphatic rings. The van der Waals surface area contributed by atoms with Crippen molar-refractivity contribution in [2.45, 2.75) is 45.4 Å². The van der Waals surface area contributed by atoms with E-state index < -0.39 is 0 Å². The van der Waals surface area contributed by atoms with Crippen LogP contribution in [0, 0.1) is 17.3 Å². The molecule has 0 spiro atoms. The highest BCUT2D eigenvalue weighted by atomic mass is 79.9. The molecule has 70 valence electrons. The van der Waals surface area contributed by atoms with Crippen LogP contribution in [0.25, 0.3) is 0 Å². The van der Waals surface area contributed by atoms with Crippen molar-refractivity contribution in [3.8, 4) is 0 Å². The van der Waals surface area contributed by atoms with Crippen LogP contribution in [0.2, 0.25) is 0 Å². The van der Waals surface area contributed by atoms with E-state index in [0.717, 1.165) is 17.3 Å². The van der Waals surface area contributed by atoms with Crippen LogP contribution in [0.5, 0.6) is 0 Å². The van der Waals surface area contributed by atoms with Crippen LogP contribution >= 0.6 is 15.9 Å². The molecule has 2 unspecified atom stereocenters. The van der Waals surface area contributed by atoms with Crippen molar-refractivity contribution >= 4 is 15.9 Å². The van der Waals surface area contributed by atoms with E-state index in [0.29, 0.717) is 0 Å². The summed E-state index contributed by atoms with van der Waals surface area (Å²) in [7, 11) is 0. The molecular weight excluding hydrogens is 212 g/mol. The van der Waals surface area contributed by atoms with Gasteiger partial charge in [0.25, 0.3) is 0 Å². The average Bonchev–Trinajstić information content (AvgIpc) is 2.51. The minimum absolute atomic E-state index is 0.731. The maximum absolute atomic E-state index is 3.68. The molecule has 0 radical (unpaired) electrons. The fraction of sp³-hybridized carbons (Fsp3) is 1.00. The zero-order chi connectivity index (χ0) is 8.60. The van der Waals surface area contributed by atoms with Crippen molar-refractivity contribution in [2.24, 2.45) is 17.3 Å². The first-order chi connectivity index (χ1) is 5.77. The number of hydrogen-bond donors (Lipinski definition) is 0. The van der Waals surface area contributed by atoms with Crippen molar-refractivity contribution in [1.29, 1.82) is 0 Å². The standard InChI is InChI=1S/C11H19Br/c1-9-6-11(9,8-12)7-10-4-2-3-5-10/h9-10H,2-8H2,1H3. The van der Waals surface area contributed by atoms with Gasteiger partial charge in [0, 0.05) is 5.33 Å². The quantitative estimate of drug-likeness (QED) is 0.644. The molecule has 2 atom stereocenters. The number of hydrogen-bond acceptors (Lipinski definition) is 0. The molecule has 2 fully saturated rings. The molecule has 0 N–H and O–H groups in total. The summed E-state index contributed by atoms with van der Waals surface area (Å²) >= 11 is 3.68. The topological polar surface area (TPSA) is 0 Å². The van der Waals surface area contributed by atoms with E-state index >= 15 is 0 Å². The van der Waals surface area contributed by atoms with E-state index in [1.807, 2.05) is 0 Å². The van der Waals surface area contributed by atoms with Gasteiger partial charge in [0.2, 0.25) is 0 Å². The first-order valence-corrected chi connectivity index (χ1v) is 6.45. The van der Waals surface area contributed by atoms with Crippen LogP contribution in [0.3, 0.4) is 0 Å². The van der Waals surface area contributed by atoms with E-state index in [1.165, 1.54) is 43.9 Å². The monoisotopic (exact) mass is 230 g/mol. The summed E-state index contributed by atoms with van der Waals surface area (Å²) < 4.78 is 0. The molecule has 2 aliphatic carbocycles. The Morgan fingerprint density at radius 3 is 2.33 bits per heavy atom. The molecule has 0 heterocycles. The van der Waals surface area contributed by atoms with Crippen LogP contribution in [-0.2, 0) is 0 Å². The third kappa shape index (κ3) is 1.57. The second-order valence-corrected chi connectivity index (χ2v) is 5.52. The lowest BCUT2D eigenvalue weighted by Gasteiger charge is -2.17. The molecule has 2 saturated carbocycles. The molecule has 0 nitrogen and oxygen atoms in total. The second kappa shape index (κ2) is 3.32. The van der Waals surface area contributed by atoms with Crippen molar-refractivity contribution < 1.29 is 0 Å². The van der Waals surface area contributed by atoms with Crippen LogP contribution in [0.1, 0.15) is 45.4 Å². The molecule has 0 aromatic carbocycles. The summed E-state index contributed by atoms with van der Waals surface area (Å²) in [6.45, 7) is 2.41. The van der Waals surface area contributed by atoms with Gasteiger partial charge in [-0.3, -0.25) is 0 Å². The number of alkyl halides is 1. The van der Waals surface area contributed by atoms with Gasteiger partial charge in [-0.15, -0.1) is 0 Å². The molecule has 1 heteroatoms. The van der Waals surface area contributed by atoms with Crippen molar-refractivity contribution in [1.82, 2.24) is 0 Å². The number of rotatable bonds is 3. The van der Waals surface area contributed by atoms with Crippen LogP contribution in [-0.4, -0.2) is 5.33 Å². The van der Waals surface area contributed by atoms with Gasteiger partial charge in [-0.1, -0.05) is 48.5 Å². The minimum Gasteiger partial charge on any atom is -0.0922 e. The van der Waals surface area contributed by atoms with Gasteiger partial charge in [-0.05, 0) is 30.1 Å². The summed E-state index contributed by atoms with van der Waals surface area (Å²) in [5.74, 6) is 2.07. The van der Waals surface area contributed by atoms with E-state index in [2.05, 4.69) is 22.9 Å². The third-order valence-electron chi connectivity index (χ3n) is 4.03. The first kappa shape index (κ1) is 9.05. The van der Waals surface area contributed by atoms with Crippen LogP contribution in [0.4, 0.5) is 0 Å². The molecule has 0 aliphatic heterocycles. The Hall–Kier alpha value is 0.480. The maximum Gasteiger partial charge on any atom is 0.00907 e. The molecule has 12 heavy (non-hydrogen) atoms. The molecular formula is C11H19Br. The fourth-order valence-corrected chi connectivity index (χ4v) is 3.88. The van der Waals surface area contributed by atoms with Gasteiger partial charge in [-0.2, -0.15) is 0 Å². The lowest BCUT2D eigenvalue weighted by Crippen LogP contribution is -2.10. The summed E-state index contributed by atoms with van der Waals surface area (Å²) in [4.78, 5) is 0. The minimum atomic E-state index is 0.731. The van der Waals surface area contributed by atoms with Gasteiger partial charge in [-0.25, -0.2) is 0 Å². The van der Waals surface area contributed by atoms with E-state index in [9.17, 15) is 0 Å².